The van der Waals surface area contributed by atoms with Crippen LogP contribution in [0.5, 0.6) is 0 Å². The molecule has 0 aliphatic carbocycles. The summed E-state index contributed by atoms with van der Waals surface area (Å²) in [6, 6.07) is 11.5. The van der Waals surface area contributed by atoms with E-state index in [9.17, 15) is 13.6 Å². The van der Waals surface area contributed by atoms with Crippen LogP contribution in [0.15, 0.2) is 53.9 Å². The van der Waals surface area contributed by atoms with Gasteiger partial charge >= 0.3 is 0 Å². The Balaban J connectivity index is 1.84. The summed E-state index contributed by atoms with van der Waals surface area (Å²) >= 11 is 1.29. The van der Waals surface area contributed by atoms with Crippen LogP contribution in [0.2, 0.25) is 0 Å². The molecule has 0 spiro atoms. The van der Waals surface area contributed by atoms with Crippen molar-refractivity contribution in [3.8, 4) is 11.3 Å². The third-order valence-corrected chi connectivity index (χ3v) is 4.21. The quantitative estimate of drug-likeness (QED) is 0.715. The van der Waals surface area contributed by atoms with Gasteiger partial charge in [0, 0.05) is 23.6 Å². The average Bonchev–Trinajstić information content (AvgIpc) is 3.04. The van der Waals surface area contributed by atoms with Gasteiger partial charge in [0.25, 0.3) is 5.91 Å². The van der Waals surface area contributed by atoms with E-state index in [0.29, 0.717) is 10.8 Å². The highest BCUT2D eigenvalue weighted by molar-refractivity contribution is 7.14. The summed E-state index contributed by atoms with van der Waals surface area (Å²) in [7, 11) is 1.58. The lowest BCUT2D eigenvalue weighted by Gasteiger charge is -2.13. The first-order chi connectivity index (χ1) is 11.0. The van der Waals surface area contributed by atoms with E-state index in [-0.39, 0.29) is 17.3 Å². The normalized spacial score (nSPS) is 10.6. The highest BCUT2D eigenvalue weighted by Crippen LogP contribution is 2.27. The smallest absolute Gasteiger partial charge is 0.259 e. The number of rotatable bonds is 3. The van der Waals surface area contributed by atoms with Crippen LogP contribution in [0, 0.1) is 11.6 Å². The van der Waals surface area contributed by atoms with E-state index in [0.717, 1.165) is 5.56 Å². The third kappa shape index (κ3) is 3.27. The van der Waals surface area contributed by atoms with Crippen LogP contribution in [0.3, 0.4) is 0 Å². The molecule has 3 aromatic rings. The molecular weight excluding hydrogens is 318 g/mol. The summed E-state index contributed by atoms with van der Waals surface area (Å²) in [6.45, 7) is 0. The minimum Gasteiger partial charge on any atom is -0.287 e. The molecule has 0 bridgehead atoms. The van der Waals surface area contributed by atoms with E-state index in [1.54, 1.807) is 30.6 Å². The van der Waals surface area contributed by atoms with E-state index in [1.165, 1.54) is 46.6 Å². The van der Waals surface area contributed by atoms with Crippen LogP contribution < -0.4 is 4.90 Å². The van der Waals surface area contributed by atoms with Crippen LogP contribution in [-0.2, 0) is 0 Å². The molecule has 23 heavy (non-hydrogen) atoms. The van der Waals surface area contributed by atoms with Crippen LogP contribution in [-0.4, -0.2) is 17.9 Å². The van der Waals surface area contributed by atoms with Crippen LogP contribution in [0.1, 0.15) is 10.4 Å². The number of aromatic nitrogens is 1. The molecule has 116 valence electrons. The number of carbonyl (C=O) groups is 1. The Morgan fingerprint density at radius 2 is 1.83 bits per heavy atom. The third-order valence-electron chi connectivity index (χ3n) is 3.30. The van der Waals surface area contributed by atoms with Crippen LogP contribution in [0.4, 0.5) is 13.9 Å². The number of nitrogens with zero attached hydrogens (tertiary/aromatic N) is 2. The fraction of sp³-hybridized carbons (Fsp3) is 0.0588. The first-order valence-corrected chi connectivity index (χ1v) is 7.67. The van der Waals surface area contributed by atoms with Crippen molar-refractivity contribution in [3.63, 3.8) is 0 Å². The number of benzene rings is 2. The van der Waals surface area contributed by atoms with E-state index in [4.69, 9.17) is 0 Å². The zero-order valence-electron chi connectivity index (χ0n) is 12.2. The maximum absolute atomic E-state index is 13.2. The van der Waals surface area contributed by atoms with Crippen molar-refractivity contribution in [1.82, 2.24) is 4.98 Å². The fourth-order valence-corrected chi connectivity index (χ4v) is 2.87. The molecule has 0 aliphatic heterocycles. The van der Waals surface area contributed by atoms with E-state index in [1.807, 2.05) is 0 Å². The summed E-state index contributed by atoms with van der Waals surface area (Å²) in [5.74, 6) is -1.12. The fourth-order valence-electron chi connectivity index (χ4n) is 2.07. The summed E-state index contributed by atoms with van der Waals surface area (Å²) in [5, 5.41) is 2.27. The van der Waals surface area contributed by atoms with E-state index >= 15 is 0 Å². The molecule has 0 aliphatic rings. The molecule has 0 fully saturated rings. The second-order valence-electron chi connectivity index (χ2n) is 4.90. The number of amides is 1. The molecule has 6 heteroatoms. The molecule has 2 aromatic carbocycles. The van der Waals surface area contributed by atoms with Gasteiger partial charge in [-0.05, 0) is 42.5 Å². The second-order valence-corrected chi connectivity index (χ2v) is 5.73. The number of hydrogen-bond donors (Lipinski definition) is 0. The van der Waals surface area contributed by atoms with Crippen molar-refractivity contribution in [3.05, 3.63) is 71.1 Å². The summed E-state index contributed by atoms with van der Waals surface area (Å²) in [4.78, 5) is 18.1. The topological polar surface area (TPSA) is 33.2 Å². The first-order valence-electron chi connectivity index (χ1n) is 6.79. The van der Waals surface area contributed by atoms with Gasteiger partial charge in [0.1, 0.15) is 11.6 Å². The van der Waals surface area contributed by atoms with Gasteiger partial charge in [0.2, 0.25) is 0 Å². The Morgan fingerprint density at radius 3 is 2.52 bits per heavy atom. The molecule has 1 aromatic heterocycles. The van der Waals surface area contributed by atoms with E-state index in [2.05, 4.69) is 4.98 Å². The molecule has 1 heterocycles. The van der Waals surface area contributed by atoms with Crippen molar-refractivity contribution in [2.45, 2.75) is 0 Å². The Bertz CT molecular complexity index is 846. The lowest BCUT2D eigenvalue weighted by Crippen LogP contribution is -2.26. The molecule has 0 radical (unpaired) electrons. The molecule has 3 rings (SSSR count). The average molecular weight is 330 g/mol. The highest BCUT2D eigenvalue weighted by Gasteiger charge is 2.17. The number of carbonyl (C=O) groups excluding carboxylic acids is 1. The number of hydrogen-bond acceptors (Lipinski definition) is 3. The molecule has 0 N–H and O–H groups in total. The monoisotopic (exact) mass is 330 g/mol. The summed E-state index contributed by atoms with van der Waals surface area (Å²) < 4.78 is 26.2. The molecular formula is C17H12F2N2OS. The molecule has 0 saturated carbocycles. The van der Waals surface area contributed by atoms with Crippen LogP contribution >= 0.6 is 11.3 Å². The zero-order chi connectivity index (χ0) is 16.4. The van der Waals surface area contributed by atoms with Gasteiger partial charge in [-0.15, -0.1) is 11.3 Å². The van der Waals surface area contributed by atoms with Gasteiger partial charge in [-0.2, -0.15) is 0 Å². The number of thiazole rings is 1. The Hall–Kier alpha value is -2.60. The van der Waals surface area contributed by atoms with Gasteiger partial charge in [-0.3, -0.25) is 9.69 Å². The Kier molecular flexibility index (Phi) is 4.16. The summed E-state index contributed by atoms with van der Waals surface area (Å²) in [5.41, 5.74) is 1.68. The van der Waals surface area contributed by atoms with Gasteiger partial charge in [-0.1, -0.05) is 6.07 Å². The van der Waals surface area contributed by atoms with Gasteiger partial charge in [0.05, 0.1) is 5.69 Å². The number of halogens is 2. The van der Waals surface area contributed by atoms with E-state index < -0.39 is 5.82 Å². The van der Waals surface area contributed by atoms with Gasteiger partial charge in [-0.25, -0.2) is 13.8 Å². The molecule has 3 nitrogen and oxygen atoms in total. The zero-order valence-corrected chi connectivity index (χ0v) is 13.0. The first kappa shape index (κ1) is 15.3. The predicted octanol–water partition coefficient (Wildman–Crippen LogP) is 4.36. The maximum Gasteiger partial charge on any atom is 0.259 e. The largest absolute Gasteiger partial charge is 0.287 e. The number of anilines is 1. The molecule has 0 unspecified atom stereocenters. The standard InChI is InChI=1S/C17H12F2N2OS/c1-21(16(22)12-3-2-4-14(19)9-12)17-20-15(10-23-17)11-5-7-13(18)8-6-11/h2-10H,1H3. The summed E-state index contributed by atoms with van der Waals surface area (Å²) in [6.07, 6.45) is 0. The van der Waals surface area contributed by atoms with Crippen molar-refractivity contribution in [1.29, 1.82) is 0 Å². The van der Waals surface area contributed by atoms with Crippen molar-refractivity contribution < 1.29 is 13.6 Å². The maximum atomic E-state index is 13.2. The van der Waals surface area contributed by atoms with Crippen LogP contribution in [0.25, 0.3) is 11.3 Å². The second kappa shape index (κ2) is 6.26. The van der Waals surface area contributed by atoms with Gasteiger partial charge < -0.3 is 0 Å². The lowest BCUT2D eigenvalue weighted by molar-refractivity contribution is 0.0992. The Labute approximate surface area is 135 Å². The molecule has 1 amide bonds. The van der Waals surface area contributed by atoms with Crippen molar-refractivity contribution in [2.75, 3.05) is 11.9 Å². The minimum atomic E-state index is -0.463. The molecule has 0 atom stereocenters. The predicted molar refractivity (Wildman–Crippen MR) is 86.6 cm³/mol. The SMILES string of the molecule is CN(C(=O)c1cccc(F)c1)c1nc(-c2ccc(F)cc2)cs1. The minimum absolute atomic E-state index is 0.256. The van der Waals surface area contributed by atoms with Crippen molar-refractivity contribution >= 4 is 22.4 Å². The highest BCUT2D eigenvalue weighted by atomic mass is 32.1. The Morgan fingerprint density at radius 1 is 1.09 bits per heavy atom. The lowest BCUT2D eigenvalue weighted by atomic mass is 10.2. The van der Waals surface area contributed by atoms with Crippen molar-refractivity contribution in [2.24, 2.45) is 0 Å². The molecule has 0 saturated heterocycles. The van der Waals surface area contributed by atoms with Gasteiger partial charge in [0.15, 0.2) is 5.13 Å².